The standard InChI is InChI=1S/C29H32N8O2/c1-3-39-22-13-23(27-24-16-32-33-28(24)34-37(27)18-22)21-6-7-25(30-15-21)35-11-4-9-29(19-35)10-12-36(29)17-20-5-8-26(38-2)31-14-20/h5-8,13-16,18H,3-4,9-12,17,19H2,1-2H3,(H,33,34). The molecule has 2 fully saturated rings. The fraction of sp³-hybridized carbons (Fsp3) is 0.379. The van der Waals surface area contributed by atoms with E-state index in [-0.39, 0.29) is 5.54 Å². The van der Waals surface area contributed by atoms with Crippen LogP contribution in [0.5, 0.6) is 11.6 Å². The minimum atomic E-state index is 0.195. The van der Waals surface area contributed by atoms with Gasteiger partial charge in [0.25, 0.3) is 0 Å². The second-order valence-electron chi connectivity index (χ2n) is 10.5. The molecule has 0 bridgehead atoms. The molecule has 2 saturated heterocycles. The smallest absolute Gasteiger partial charge is 0.212 e. The number of methoxy groups -OCH3 is 1. The van der Waals surface area contributed by atoms with Crippen LogP contribution in [0.15, 0.2) is 55.1 Å². The van der Waals surface area contributed by atoms with Crippen molar-refractivity contribution in [3.63, 3.8) is 0 Å². The molecule has 5 aromatic heterocycles. The number of rotatable bonds is 7. The first kappa shape index (κ1) is 23.9. The van der Waals surface area contributed by atoms with Gasteiger partial charge in [0.05, 0.1) is 37.0 Å². The molecule has 2 aliphatic heterocycles. The highest BCUT2D eigenvalue weighted by Crippen LogP contribution is 2.41. The predicted octanol–water partition coefficient (Wildman–Crippen LogP) is 4.32. The lowest BCUT2D eigenvalue weighted by molar-refractivity contribution is -0.0319. The Kier molecular flexibility index (Phi) is 5.84. The molecule has 0 aromatic carbocycles. The minimum Gasteiger partial charge on any atom is -0.492 e. The average Bonchev–Trinajstić information content (AvgIpc) is 3.57. The van der Waals surface area contributed by atoms with Crippen molar-refractivity contribution in [3.05, 3.63) is 60.7 Å². The Morgan fingerprint density at radius 2 is 2.00 bits per heavy atom. The van der Waals surface area contributed by atoms with E-state index in [0.29, 0.717) is 12.5 Å². The summed E-state index contributed by atoms with van der Waals surface area (Å²) in [6.45, 7) is 6.62. The second kappa shape index (κ2) is 9.53. The van der Waals surface area contributed by atoms with E-state index in [1.165, 1.54) is 18.4 Å². The van der Waals surface area contributed by atoms with Crippen molar-refractivity contribution in [2.75, 3.05) is 38.3 Å². The van der Waals surface area contributed by atoms with Crippen molar-refractivity contribution in [2.45, 2.75) is 38.3 Å². The normalized spacial score (nSPS) is 19.6. The molecule has 2 aliphatic rings. The number of piperidine rings is 1. The maximum absolute atomic E-state index is 5.84. The monoisotopic (exact) mass is 524 g/mol. The van der Waals surface area contributed by atoms with Crippen LogP contribution < -0.4 is 14.4 Å². The molecule has 0 amide bonds. The van der Waals surface area contributed by atoms with Crippen LogP contribution in [0.25, 0.3) is 27.7 Å². The van der Waals surface area contributed by atoms with Crippen LogP contribution in [0.4, 0.5) is 5.82 Å². The van der Waals surface area contributed by atoms with Gasteiger partial charge in [0.15, 0.2) is 5.65 Å². The molecule has 1 atom stereocenters. The van der Waals surface area contributed by atoms with E-state index in [1.54, 1.807) is 7.11 Å². The molecule has 7 heterocycles. The van der Waals surface area contributed by atoms with Gasteiger partial charge in [-0.1, -0.05) is 6.07 Å². The number of H-pyrrole nitrogens is 1. The van der Waals surface area contributed by atoms with Crippen molar-refractivity contribution < 1.29 is 9.47 Å². The maximum atomic E-state index is 5.84. The van der Waals surface area contributed by atoms with Gasteiger partial charge in [-0.2, -0.15) is 5.10 Å². The van der Waals surface area contributed by atoms with Crippen LogP contribution >= 0.6 is 0 Å². The van der Waals surface area contributed by atoms with Gasteiger partial charge >= 0.3 is 0 Å². The fourth-order valence-electron chi connectivity index (χ4n) is 6.19. The van der Waals surface area contributed by atoms with Gasteiger partial charge < -0.3 is 14.4 Å². The SMILES string of the molecule is CCOc1cc(-c2ccc(N3CCCC4(CCN4Cc4ccc(OC)nc4)C3)nc2)c2c3cn[nH]c3nn2c1. The minimum absolute atomic E-state index is 0.195. The van der Waals surface area contributed by atoms with E-state index in [0.717, 1.165) is 71.8 Å². The van der Waals surface area contributed by atoms with Crippen molar-refractivity contribution in [1.82, 2.24) is 34.7 Å². The number of pyridine rings is 3. The Morgan fingerprint density at radius 1 is 1.05 bits per heavy atom. The third-order valence-corrected chi connectivity index (χ3v) is 8.25. The molecule has 0 aliphatic carbocycles. The van der Waals surface area contributed by atoms with Gasteiger partial charge in [0.1, 0.15) is 11.6 Å². The zero-order valence-electron chi connectivity index (χ0n) is 22.3. The van der Waals surface area contributed by atoms with E-state index in [1.807, 2.05) is 42.3 Å². The number of nitrogens with one attached hydrogen (secondary N) is 1. The summed E-state index contributed by atoms with van der Waals surface area (Å²) >= 11 is 0. The van der Waals surface area contributed by atoms with Gasteiger partial charge in [0.2, 0.25) is 5.88 Å². The Morgan fingerprint density at radius 3 is 2.74 bits per heavy atom. The summed E-state index contributed by atoms with van der Waals surface area (Å²) in [4.78, 5) is 14.4. The summed E-state index contributed by atoms with van der Waals surface area (Å²) in [5.74, 6) is 2.45. The maximum Gasteiger partial charge on any atom is 0.212 e. The lowest BCUT2D eigenvalue weighted by atomic mass is 9.77. The lowest BCUT2D eigenvalue weighted by Gasteiger charge is -2.57. The highest BCUT2D eigenvalue weighted by molar-refractivity contribution is 6.00. The molecule has 1 spiro atoms. The third kappa shape index (κ3) is 4.15. The van der Waals surface area contributed by atoms with Crippen LogP contribution in [0.1, 0.15) is 31.7 Å². The molecule has 0 saturated carbocycles. The number of nitrogens with zero attached hydrogens (tertiary/aromatic N) is 7. The first-order chi connectivity index (χ1) is 19.2. The molecule has 200 valence electrons. The molecular formula is C29H32N8O2. The topological polar surface area (TPSA) is 96.7 Å². The first-order valence-corrected chi connectivity index (χ1v) is 13.6. The first-order valence-electron chi connectivity index (χ1n) is 13.6. The van der Waals surface area contributed by atoms with Crippen molar-refractivity contribution in [3.8, 4) is 22.8 Å². The van der Waals surface area contributed by atoms with Crippen molar-refractivity contribution >= 4 is 22.4 Å². The second-order valence-corrected chi connectivity index (χ2v) is 10.5. The van der Waals surface area contributed by atoms with Crippen LogP contribution in [-0.2, 0) is 6.54 Å². The molecule has 39 heavy (non-hydrogen) atoms. The summed E-state index contributed by atoms with van der Waals surface area (Å²) in [6, 6.07) is 10.4. The average molecular weight is 525 g/mol. The van der Waals surface area contributed by atoms with Gasteiger partial charge in [-0.25, -0.2) is 14.5 Å². The molecule has 0 radical (unpaired) electrons. The number of fused-ring (bicyclic) bond motifs is 3. The largest absolute Gasteiger partial charge is 0.492 e. The lowest BCUT2D eigenvalue weighted by Crippen LogP contribution is -2.66. The Labute approximate surface area is 226 Å². The number of hydrogen-bond donors (Lipinski definition) is 1. The molecule has 7 rings (SSSR count). The van der Waals surface area contributed by atoms with Crippen LogP contribution in [0, 0.1) is 0 Å². The van der Waals surface area contributed by atoms with E-state index in [2.05, 4.69) is 54.3 Å². The molecule has 10 nitrogen and oxygen atoms in total. The van der Waals surface area contributed by atoms with E-state index >= 15 is 0 Å². The summed E-state index contributed by atoms with van der Waals surface area (Å²) in [6.07, 6.45) is 11.2. The molecule has 1 unspecified atom stereocenters. The highest BCUT2D eigenvalue weighted by Gasteiger charge is 2.47. The number of aromatic amines is 1. The van der Waals surface area contributed by atoms with Gasteiger partial charge in [-0.15, -0.1) is 5.10 Å². The molecular weight excluding hydrogens is 492 g/mol. The Bertz CT molecular complexity index is 1610. The van der Waals surface area contributed by atoms with Gasteiger partial charge in [-0.05, 0) is 49.9 Å². The molecule has 10 heteroatoms. The summed E-state index contributed by atoms with van der Waals surface area (Å²) in [5, 5.41) is 12.8. The number of aromatic nitrogens is 6. The number of hydrogen-bond acceptors (Lipinski definition) is 8. The van der Waals surface area contributed by atoms with E-state index < -0.39 is 0 Å². The van der Waals surface area contributed by atoms with Crippen molar-refractivity contribution in [2.24, 2.45) is 0 Å². The molecule has 1 N–H and O–H groups in total. The van der Waals surface area contributed by atoms with Gasteiger partial charge in [0, 0.05) is 61.3 Å². The number of likely N-dealkylation sites (tertiary alicyclic amines) is 1. The van der Waals surface area contributed by atoms with E-state index in [9.17, 15) is 0 Å². The summed E-state index contributed by atoms with van der Waals surface area (Å²) in [7, 11) is 1.65. The number of ether oxygens (including phenoxy) is 2. The van der Waals surface area contributed by atoms with Crippen molar-refractivity contribution in [1.29, 1.82) is 0 Å². The number of anilines is 1. The zero-order chi connectivity index (χ0) is 26.4. The third-order valence-electron chi connectivity index (χ3n) is 8.25. The van der Waals surface area contributed by atoms with Crippen LogP contribution in [0.2, 0.25) is 0 Å². The fourth-order valence-corrected chi connectivity index (χ4v) is 6.19. The van der Waals surface area contributed by atoms with Crippen LogP contribution in [-0.4, -0.2) is 73.6 Å². The molecule has 5 aromatic rings. The quantitative estimate of drug-likeness (QED) is 0.336. The zero-order valence-corrected chi connectivity index (χ0v) is 22.3. The van der Waals surface area contributed by atoms with Gasteiger partial charge in [-0.3, -0.25) is 10.00 Å². The Balaban J connectivity index is 1.14. The van der Waals surface area contributed by atoms with E-state index in [4.69, 9.17) is 14.5 Å². The highest BCUT2D eigenvalue weighted by atomic mass is 16.5. The Hall–Kier alpha value is -4.18. The predicted molar refractivity (Wildman–Crippen MR) is 149 cm³/mol. The summed E-state index contributed by atoms with van der Waals surface area (Å²) in [5.41, 5.74) is 5.22. The summed E-state index contributed by atoms with van der Waals surface area (Å²) < 4.78 is 12.9. The van der Waals surface area contributed by atoms with Crippen LogP contribution in [0.3, 0.4) is 0 Å².